The van der Waals surface area contributed by atoms with Crippen molar-refractivity contribution in [1.29, 1.82) is 0 Å². The van der Waals surface area contributed by atoms with Crippen LogP contribution in [0.5, 0.6) is 0 Å². The van der Waals surface area contributed by atoms with Crippen molar-refractivity contribution >= 4 is 55.7 Å². The molecule has 1 aromatic rings. The van der Waals surface area contributed by atoms with Gasteiger partial charge in [-0.25, -0.2) is 8.42 Å². The summed E-state index contributed by atoms with van der Waals surface area (Å²) in [6, 6.07) is 6.60. The van der Waals surface area contributed by atoms with Crippen LogP contribution in [0, 0.1) is 6.92 Å². The average molecular weight is 273 g/mol. The Morgan fingerprint density at radius 1 is 1.23 bits per heavy atom. The van der Waals surface area contributed by atoms with Gasteiger partial charge in [0.2, 0.25) is 10.0 Å². The van der Waals surface area contributed by atoms with Crippen molar-refractivity contribution in [2.24, 2.45) is 0 Å². The molecule has 67 valence electrons. The molecule has 0 saturated carbocycles. The van der Waals surface area contributed by atoms with Crippen molar-refractivity contribution in [3.63, 3.8) is 0 Å². The molecule has 0 aliphatic carbocycles. The standard InChI is InChI=1S/C7H8BrNO2S.Na/c1-6-2-4-7(5-3-6)12(10,11)9-8;/h2-5,9H,1H3;. The second-order valence-corrected chi connectivity index (χ2v) is 5.00. The molecule has 0 saturated heterocycles. The molecule has 0 aliphatic heterocycles. The van der Waals surface area contributed by atoms with Gasteiger partial charge in [0, 0.05) is 45.7 Å². The van der Waals surface area contributed by atoms with Crippen molar-refractivity contribution in [2.75, 3.05) is 0 Å². The second kappa shape index (κ2) is 5.48. The summed E-state index contributed by atoms with van der Waals surface area (Å²) in [6.07, 6.45) is 0. The van der Waals surface area contributed by atoms with Gasteiger partial charge in [-0.15, -0.1) is 3.75 Å². The third-order valence-electron chi connectivity index (χ3n) is 1.43. The fourth-order valence-corrected chi connectivity index (χ4v) is 1.91. The summed E-state index contributed by atoms with van der Waals surface area (Å²) in [5, 5.41) is 0. The Labute approximate surface area is 109 Å². The van der Waals surface area contributed by atoms with Gasteiger partial charge < -0.3 is 0 Å². The smallest absolute Gasteiger partial charge is 0.206 e. The van der Waals surface area contributed by atoms with Crippen molar-refractivity contribution in [3.8, 4) is 0 Å². The zero-order valence-electron chi connectivity index (χ0n) is 7.41. The monoisotopic (exact) mass is 272 g/mol. The first-order chi connectivity index (χ1) is 5.56. The van der Waals surface area contributed by atoms with Crippen molar-refractivity contribution in [1.82, 2.24) is 3.75 Å². The Balaban J connectivity index is 0.00000144. The number of hydrogen-bond acceptors (Lipinski definition) is 2. The Morgan fingerprint density at radius 3 is 2.08 bits per heavy atom. The number of halogens is 1. The summed E-state index contributed by atoms with van der Waals surface area (Å²) < 4.78 is 24.4. The summed E-state index contributed by atoms with van der Waals surface area (Å²) in [5.41, 5.74) is 1.03. The first kappa shape index (κ1) is 13.6. The van der Waals surface area contributed by atoms with Crippen molar-refractivity contribution in [3.05, 3.63) is 29.8 Å². The number of benzene rings is 1. The van der Waals surface area contributed by atoms with Crippen LogP contribution in [0.4, 0.5) is 0 Å². The van der Waals surface area contributed by atoms with Crippen LogP contribution in [0.25, 0.3) is 0 Å². The molecule has 0 aromatic heterocycles. The second-order valence-electron chi connectivity index (χ2n) is 2.39. The van der Waals surface area contributed by atoms with E-state index in [1.54, 1.807) is 24.3 Å². The molecule has 1 rings (SSSR count). The summed E-state index contributed by atoms with van der Waals surface area (Å²) >= 11 is 2.69. The molecule has 0 unspecified atom stereocenters. The van der Waals surface area contributed by atoms with Crippen molar-refractivity contribution < 1.29 is 8.42 Å². The van der Waals surface area contributed by atoms with E-state index in [1.165, 1.54) is 0 Å². The summed E-state index contributed by atoms with van der Waals surface area (Å²) in [4.78, 5) is 0.255. The quantitative estimate of drug-likeness (QED) is 0.650. The molecule has 1 aromatic carbocycles. The predicted molar refractivity (Wildman–Crippen MR) is 56.2 cm³/mol. The van der Waals surface area contributed by atoms with Crippen LogP contribution >= 0.6 is 16.1 Å². The zero-order chi connectivity index (χ0) is 9.19. The first-order valence-electron chi connectivity index (χ1n) is 3.25. The Kier molecular flexibility index (Phi) is 5.74. The number of hydrogen-bond donors (Lipinski definition) is 1. The van der Waals surface area contributed by atoms with Crippen molar-refractivity contribution in [2.45, 2.75) is 11.8 Å². The molecule has 13 heavy (non-hydrogen) atoms. The van der Waals surface area contributed by atoms with Gasteiger partial charge >= 0.3 is 0 Å². The zero-order valence-corrected chi connectivity index (χ0v) is 11.8. The minimum Gasteiger partial charge on any atom is -0.206 e. The fraction of sp³-hybridized carbons (Fsp3) is 0.143. The van der Waals surface area contributed by atoms with Crippen LogP contribution in [-0.2, 0) is 10.0 Å². The molecule has 0 atom stereocenters. The van der Waals surface area contributed by atoms with Gasteiger partial charge in [0.25, 0.3) is 0 Å². The van der Waals surface area contributed by atoms with Gasteiger partial charge in [0.05, 0.1) is 4.90 Å². The molecular weight excluding hydrogens is 265 g/mol. The summed E-state index contributed by atoms with van der Waals surface area (Å²) in [6.45, 7) is 1.90. The summed E-state index contributed by atoms with van der Waals surface area (Å²) in [5.74, 6) is 0. The van der Waals surface area contributed by atoms with E-state index in [0.29, 0.717) is 0 Å². The molecule has 3 nitrogen and oxygen atoms in total. The van der Waals surface area contributed by atoms with Crippen LogP contribution in [0.15, 0.2) is 29.2 Å². The maximum atomic E-state index is 11.2. The third-order valence-corrected chi connectivity index (χ3v) is 3.81. The Morgan fingerprint density at radius 2 is 1.69 bits per heavy atom. The number of nitrogens with one attached hydrogen (secondary N) is 1. The van der Waals surface area contributed by atoms with E-state index >= 15 is 0 Å². The minimum atomic E-state index is -3.35. The molecule has 1 radical (unpaired) electrons. The van der Waals surface area contributed by atoms with Gasteiger partial charge in [-0.2, -0.15) is 0 Å². The van der Waals surface area contributed by atoms with E-state index in [-0.39, 0.29) is 34.5 Å². The van der Waals surface area contributed by atoms with Crippen LogP contribution in [-0.4, -0.2) is 38.0 Å². The van der Waals surface area contributed by atoms with Crippen LogP contribution in [0.1, 0.15) is 5.56 Å². The molecule has 0 fully saturated rings. The van der Waals surface area contributed by atoms with Gasteiger partial charge in [-0.1, -0.05) is 17.7 Å². The fourth-order valence-electron chi connectivity index (χ4n) is 0.762. The molecule has 0 spiro atoms. The Bertz CT molecular complexity index is 363. The number of aryl methyl sites for hydroxylation is 1. The molecule has 1 N–H and O–H groups in total. The van der Waals surface area contributed by atoms with E-state index in [9.17, 15) is 8.42 Å². The topological polar surface area (TPSA) is 46.2 Å². The van der Waals surface area contributed by atoms with E-state index < -0.39 is 10.0 Å². The normalized spacial score (nSPS) is 10.6. The third kappa shape index (κ3) is 3.69. The maximum absolute atomic E-state index is 11.2. The van der Waals surface area contributed by atoms with Crippen LogP contribution < -0.4 is 3.75 Å². The largest absolute Gasteiger partial charge is 0.250 e. The van der Waals surface area contributed by atoms with E-state index in [2.05, 4.69) is 19.9 Å². The first-order valence-corrected chi connectivity index (χ1v) is 5.53. The molecule has 0 heterocycles. The molecule has 0 bridgehead atoms. The SMILES string of the molecule is Cc1ccc(S(=O)(=O)NBr)cc1.[Na]. The van der Waals surface area contributed by atoms with Gasteiger partial charge in [0.1, 0.15) is 0 Å². The van der Waals surface area contributed by atoms with Gasteiger partial charge in [-0.3, -0.25) is 0 Å². The minimum absolute atomic E-state index is 0. The molecule has 6 heteroatoms. The maximum Gasteiger partial charge on any atom is 0.250 e. The number of rotatable bonds is 2. The van der Waals surface area contributed by atoms with E-state index in [4.69, 9.17) is 0 Å². The summed E-state index contributed by atoms with van der Waals surface area (Å²) in [7, 11) is -3.35. The molecule has 0 amide bonds. The molecule has 0 aliphatic rings. The van der Waals surface area contributed by atoms with E-state index in [0.717, 1.165) is 5.56 Å². The van der Waals surface area contributed by atoms with E-state index in [1.807, 2.05) is 6.92 Å². The average Bonchev–Trinajstić information content (AvgIpc) is 2.05. The Hall–Kier alpha value is 0.610. The van der Waals surface area contributed by atoms with Gasteiger partial charge in [0.15, 0.2) is 0 Å². The molecular formula is C7H8BrNNaO2S. The van der Waals surface area contributed by atoms with Crippen LogP contribution in [0.2, 0.25) is 0 Å². The van der Waals surface area contributed by atoms with Gasteiger partial charge in [-0.05, 0) is 19.1 Å². The number of sulfonamides is 1. The van der Waals surface area contributed by atoms with Crippen LogP contribution in [0.3, 0.4) is 0 Å². The predicted octanol–water partition coefficient (Wildman–Crippen LogP) is 1.20.